The second-order valence-corrected chi connectivity index (χ2v) is 3.69. The number of ether oxygens (including phenoxy) is 1. The topological polar surface area (TPSA) is 76.0 Å². The van der Waals surface area contributed by atoms with Gasteiger partial charge in [0.1, 0.15) is 0 Å². The molecule has 1 saturated carbocycles. The second kappa shape index (κ2) is 3.84. The Bertz CT molecular complexity index is 364. The number of rotatable bonds is 2. The van der Waals surface area contributed by atoms with Crippen molar-refractivity contribution in [1.82, 2.24) is 0 Å². The Hall–Kier alpha value is -1.65. The monoisotopic (exact) mass is 209 g/mol. The predicted octanol–water partition coefficient (Wildman–Crippen LogP) is 1.10. The molecule has 0 radical (unpaired) electrons. The molecule has 0 aromatic carbocycles. The van der Waals surface area contributed by atoms with Gasteiger partial charge in [-0.3, -0.25) is 0 Å². The normalized spacial score (nSPS) is 24.4. The number of aliphatic carboxylic acids is 1. The van der Waals surface area contributed by atoms with Crippen LogP contribution >= 0.6 is 0 Å². The molecule has 5 heteroatoms. The first kappa shape index (κ1) is 9.89. The van der Waals surface area contributed by atoms with Crippen molar-refractivity contribution >= 4 is 17.8 Å². The molecule has 0 unspecified atom stereocenters. The third kappa shape index (κ3) is 2.06. The number of nitrogens with zero attached hydrogens (tertiary/aromatic N) is 1. The fourth-order valence-electron chi connectivity index (χ4n) is 1.89. The van der Waals surface area contributed by atoms with Crippen molar-refractivity contribution in [1.29, 1.82) is 0 Å². The molecule has 0 amide bonds. The van der Waals surface area contributed by atoms with Crippen molar-refractivity contribution in [2.45, 2.75) is 25.7 Å². The van der Waals surface area contributed by atoms with E-state index in [0.29, 0.717) is 5.90 Å². The number of aliphatic imine (C=N–C) groups is 1. The highest BCUT2D eigenvalue weighted by atomic mass is 16.6. The van der Waals surface area contributed by atoms with Crippen molar-refractivity contribution in [3.63, 3.8) is 0 Å². The van der Waals surface area contributed by atoms with E-state index < -0.39 is 11.9 Å². The smallest absolute Gasteiger partial charge is 0.363 e. The fraction of sp³-hybridized carbons (Fsp3) is 0.500. The quantitative estimate of drug-likeness (QED) is 0.545. The van der Waals surface area contributed by atoms with E-state index >= 15 is 0 Å². The molecule has 0 spiro atoms. The average molecular weight is 209 g/mol. The summed E-state index contributed by atoms with van der Waals surface area (Å²) in [7, 11) is 0. The SMILES string of the molecule is O=C(O)/C=C1/N=C(C2CCCC2)OC1=O. The Morgan fingerprint density at radius 1 is 1.47 bits per heavy atom. The minimum atomic E-state index is -1.18. The molecule has 0 atom stereocenters. The molecule has 5 nitrogen and oxygen atoms in total. The number of carbonyl (C=O) groups excluding carboxylic acids is 1. The van der Waals surface area contributed by atoms with Gasteiger partial charge in [-0.15, -0.1) is 0 Å². The van der Waals surface area contributed by atoms with Crippen LogP contribution in [-0.2, 0) is 14.3 Å². The van der Waals surface area contributed by atoms with Crippen LogP contribution in [0.4, 0.5) is 0 Å². The Kier molecular flexibility index (Phi) is 2.53. The van der Waals surface area contributed by atoms with Crippen molar-refractivity contribution in [2.75, 3.05) is 0 Å². The Morgan fingerprint density at radius 2 is 2.13 bits per heavy atom. The summed E-state index contributed by atoms with van der Waals surface area (Å²) in [6, 6.07) is 0. The van der Waals surface area contributed by atoms with E-state index in [1.165, 1.54) is 0 Å². The number of cyclic esters (lactones) is 1. The molecular weight excluding hydrogens is 198 g/mol. The van der Waals surface area contributed by atoms with Gasteiger partial charge in [-0.05, 0) is 12.8 Å². The first-order valence-electron chi connectivity index (χ1n) is 4.92. The summed E-state index contributed by atoms with van der Waals surface area (Å²) >= 11 is 0. The van der Waals surface area contributed by atoms with Crippen molar-refractivity contribution in [2.24, 2.45) is 10.9 Å². The van der Waals surface area contributed by atoms with Crippen molar-refractivity contribution in [3.05, 3.63) is 11.8 Å². The van der Waals surface area contributed by atoms with Gasteiger partial charge >= 0.3 is 11.9 Å². The van der Waals surface area contributed by atoms with E-state index in [0.717, 1.165) is 31.8 Å². The van der Waals surface area contributed by atoms with Gasteiger partial charge in [-0.1, -0.05) is 12.8 Å². The average Bonchev–Trinajstić information content (AvgIpc) is 2.75. The molecule has 0 bridgehead atoms. The van der Waals surface area contributed by atoms with Gasteiger partial charge in [0.15, 0.2) is 5.70 Å². The maximum absolute atomic E-state index is 11.2. The summed E-state index contributed by atoms with van der Waals surface area (Å²) in [4.78, 5) is 25.5. The molecule has 1 aliphatic carbocycles. The first-order chi connectivity index (χ1) is 7.16. The fourth-order valence-corrected chi connectivity index (χ4v) is 1.89. The maximum atomic E-state index is 11.2. The van der Waals surface area contributed by atoms with Crippen LogP contribution in [-0.4, -0.2) is 22.9 Å². The molecule has 80 valence electrons. The van der Waals surface area contributed by atoms with Crippen LogP contribution in [0.25, 0.3) is 0 Å². The lowest BCUT2D eigenvalue weighted by Gasteiger charge is -2.05. The summed E-state index contributed by atoms with van der Waals surface area (Å²) in [5.74, 6) is -1.25. The van der Waals surface area contributed by atoms with E-state index in [2.05, 4.69) is 4.99 Å². The molecule has 0 saturated heterocycles. The highest BCUT2D eigenvalue weighted by Crippen LogP contribution is 2.29. The lowest BCUT2D eigenvalue weighted by atomic mass is 10.1. The lowest BCUT2D eigenvalue weighted by Crippen LogP contribution is -2.13. The van der Waals surface area contributed by atoms with Crippen molar-refractivity contribution < 1.29 is 19.4 Å². The number of esters is 1. The van der Waals surface area contributed by atoms with Crippen LogP contribution < -0.4 is 0 Å². The minimum Gasteiger partial charge on any atom is -0.478 e. The number of carboxylic acid groups (broad SMARTS) is 1. The molecule has 0 aromatic heterocycles. The number of hydrogen-bond donors (Lipinski definition) is 1. The summed E-state index contributed by atoms with van der Waals surface area (Å²) in [5, 5.41) is 8.49. The molecule has 1 heterocycles. The highest BCUT2D eigenvalue weighted by molar-refractivity contribution is 6.07. The van der Waals surface area contributed by atoms with E-state index in [1.54, 1.807) is 0 Å². The minimum absolute atomic E-state index is 0.107. The van der Waals surface area contributed by atoms with Crippen LogP contribution in [0.5, 0.6) is 0 Å². The molecule has 0 aromatic rings. The van der Waals surface area contributed by atoms with Crippen LogP contribution in [0, 0.1) is 5.92 Å². The summed E-state index contributed by atoms with van der Waals surface area (Å²) in [6.07, 6.45) is 4.93. The molecule has 2 rings (SSSR count). The number of carboxylic acids is 1. The van der Waals surface area contributed by atoms with Gasteiger partial charge in [0, 0.05) is 5.92 Å². The Morgan fingerprint density at radius 3 is 2.73 bits per heavy atom. The lowest BCUT2D eigenvalue weighted by molar-refractivity contribution is -0.133. The van der Waals surface area contributed by atoms with Crippen LogP contribution in [0.2, 0.25) is 0 Å². The van der Waals surface area contributed by atoms with Crippen molar-refractivity contribution in [3.8, 4) is 0 Å². The van der Waals surface area contributed by atoms with E-state index in [-0.39, 0.29) is 11.6 Å². The first-order valence-corrected chi connectivity index (χ1v) is 4.92. The Labute approximate surface area is 86.4 Å². The molecule has 2 aliphatic rings. The summed E-state index contributed by atoms with van der Waals surface area (Å²) in [5.41, 5.74) is -0.107. The maximum Gasteiger partial charge on any atom is 0.363 e. The zero-order valence-electron chi connectivity index (χ0n) is 8.10. The summed E-state index contributed by atoms with van der Waals surface area (Å²) < 4.78 is 4.94. The molecule has 1 N–H and O–H groups in total. The zero-order valence-corrected chi connectivity index (χ0v) is 8.10. The number of hydrogen-bond acceptors (Lipinski definition) is 4. The predicted molar refractivity (Wildman–Crippen MR) is 51.2 cm³/mol. The third-order valence-corrected chi connectivity index (χ3v) is 2.60. The van der Waals surface area contributed by atoms with Gasteiger partial charge in [0.25, 0.3) is 0 Å². The van der Waals surface area contributed by atoms with Gasteiger partial charge in [0.05, 0.1) is 6.08 Å². The number of carbonyl (C=O) groups is 2. The largest absolute Gasteiger partial charge is 0.478 e. The van der Waals surface area contributed by atoms with Crippen LogP contribution in [0.1, 0.15) is 25.7 Å². The van der Waals surface area contributed by atoms with Crippen LogP contribution in [0.15, 0.2) is 16.8 Å². The second-order valence-electron chi connectivity index (χ2n) is 3.69. The molecule has 1 aliphatic heterocycles. The van der Waals surface area contributed by atoms with Gasteiger partial charge < -0.3 is 9.84 Å². The molecule has 15 heavy (non-hydrogen) atoms. The van der Waals surface area contributed by atoms with Gasteiger partial charge in [-0.25, -0.2) is 14.6 Å². The Balaban J connectivity index is 2.16. The van der Waals surface area contributed by atoms with E-state index in [9.17, 15) is 9.59 Å². The van der Waals surface area contributed by atoms with Crippen LogP contribution in [0.3, 0.4) is 0 Å². The van der Waals surface area contributed by atoms with E-state index in [4.69, 9.17) is 9.84 Å². The highest BCUT2D eigenvalue weighted by Gasteiger charge is 2.31. The molecular formula is C10H11NO4. The van der Waals surface area contributed by atoms with Gasteiger partial charge in [0.2, 0.25) is 5.90 Å². The van der Waals surface area contributed by atoms with E-state index in [1.807, 2.05) is 0 Å². The molecule has 1 fully saturated rings. The summed E-state index contributed by atoms with van der Waals surface area (Å²) in [6.45, 7) is 0. The van der Waals surface area contributed by atoms with Gasteiger partial charge in [-0.2, -0.15) is 0 Å². The zero-order chi connectivity index (χ0) is 10.8. The standard InChI is InChI=1S/C10H11NO4/c12-8(13)5-7-10(14)15-9(11-7)6-3-1-2-4-6/h5-6H,1-4H2,(H,12,13)/b7-5+. The third-order valence-electron chi connectivity index (χ3n) is 2.60.